The van der Waals surface area contributed by atoms with Crippen molar-refractivity contribution in [2.24, 2.45) is 7.05 Å². The van der Waals surface area contributed by atoms with Crippen LogP contribution in [-0.2, 0) is 11.8 Å². The Morgan fingerprint density at radius 3 is 2.48 bits per heavy atom. The third-order valence-electron chi connectivity index (χ3n) is 5.14. The van der Waals surface area contributed by atoms with Crippen LogP contribution in [0.4, 0.5) is 5.69 Å². The number of ether oxygens (including phenoxy) is 1. The Kier molecular flexibility index (Phi) is 8.07. The number of carbonyl (C=O) groups excluding carboxylic acids is 2. The normalized spacial score (nSPS) is 11.7. The number of aliphatic hydroxyl groups is 1. The first-order chi connectivity index (χ1) is 15.8. The van der Waals surface area contributed by atoms with Crippen molar-refractivity contribution >= 4 is 29.3 Å². The number of rotatable bonds is 9. The lowest BCUT2D eigenvalue weighted by Crippen LogP contribution is -2.32. The summed E-state index contributed by atoms with van der Waals surface area (Å²) in [6.07, 6.45) is 0. The average Bonchev–Trinajstić information content (AvgIpc) is 3.18. The molecule has 10 heteroatoms. The summed E-state index contributed by atoms with van der Waals surface area (Å²) in [5.74, 6) is 0.639. The highest BCUT2D eigenvalue weighted by atomic mass is 32.2. The molecule has 174 valence electrons. The second-order valence-corrected chi connectivity index (χ2v) is 8.42. The predicted molar refractivity (Wildman–Crippen MR) is 127 cm³/mol. The molecule has 0 saturated carbocycles. The number of anilines is 1. The number of hydrogen-bond donors (Lipinski definition) is 3. The summed E-state index contributed by atoms with van der Waals surface area (Å²) in [6, 6.07) is 11.6. The van der Waals surface area contributed by atoms with E-state index in [-0.39, 0.29) is 24.2 Å². The van der Waals surface area contributed by atoms with Gasteiger partial charge in [-0.3, -0.25) is 9.59 Å². The van der Waals surface area contributed by atoms with Gasteiger partial charge in [0.25, 0.3) is 5.91 Å². The van der Waals surface area contributed by atoms with Gasteiger partial charge in [0.15, 0.2) is 11.0 Å². The standard InChI is InChI=1S/C23H27N5O4S/c1-14-5-8-17(11-15(14)2)24-20(30)13-33-23-27-26-21(28(23)3)19(12-29)25-22(31)16-6-9-18(32-4)10-7-16/h5-11,19,29H,12-13H2,1-4H3,(H,24,30)(H,25,31)/t19-/m1/s1. The van der Waals surface area contributed by atoms with Crippen LogP contribution in [0.5, 0.6) is 5.75 Å². The average molecular weight is 470 g/mol. The molecule has 0 fully saturated rings. The topological polar surface area (TPSA) is 118 Å². The monoisotopic (exact) mass is 469 g/mol. The summed E-state index contributed by atoms with van der Waals surface area (Å²) in [5, 5.41) is 24.2. The van der Waals surface area contributed by atoms with Crippen molar-refractivity contribution in [1.29, 1.82) is 0 Å². The lowest BCUT2D eigenvalue weighted by molar-refractivity contribution is -0.113. The van der Waals surface area contributed by atoms with E-state index in [1.165, 1.54) is 11.8 Å². The molecule has 0 saturated heterocycles. The van der Waals surface area contributed by atoms with Gasteiger partial charge in [-0.15, -0.1) is 10.2 Å². The van der Waals surface area contributed by atoms with Crippen LogP contribution in [0.1, 0.15) is 33.4 Å². The molecule has 1 heterocycles. The number of benzene rings is 2. The zero-order valence-corrected chi connectivity index (χ0v) is 19.8. The molecule has 0 aliphatic carbocycles. The fourth-order valence-electron chi connectivity index (χ4n) is 3.08. The maximum absolute atomic E-state index is 12.6. The van der Waals surface area contributed by atoms with Crippen molar-refractivity contribution in [3.05, 3.63) is 65.0 Å². The summed E-state index contributed by atoms with van der Waals surface area (Å²) in [7, 11) is 3.27. The molecule has 0 spiro atoms. The molecule has 0 bridgehead atoms. The van der Waals surface area contributed by atoms with Crippen LogP contribution in [0.2, 0.25) is 0 Å². The lowest BCUT2D eigenvalue weighted by atomic mass is 10.1. The number of amides is 2. The van der Waals surface area contributed by atoms with Crippen LogP contribution in [0.15, 0.2) is 47.6 Å². The summed E-state index contributed by atoms with van der Waals surface area (Å²) in [4.78, 5) is 24.9. The molecule has 2 aromatic carbocycles. The number of aromatic nitrogens is 3. The van der Waals surface area contributed by atoms with E-state index in [0.29, 0.717) is 22.3 Å². The molecule has 3 rings (SSSR count). The van der Waals surface area contributed by atoms with Crippen molar-refractivity contribution in [1.82, 2.24) is 20.1 Å². The van der Waals surface area contributed by atoms with E-state index in [2.05, 4.69) is 20.8 Å². The lowest BCUT2D eigenvalue weighted by Gasteiger charge is -2.16. The molecule has 0 aliphatic rings. The van der Waals surface area contributed by atoms with Gasteiger partial charge < -0.3 is 25.0 Å². The third-order valence-corrected chi connectivity index (χ3v) is 6.16. The fraction of sp³-hybridized carbons (Fsp3) is 0.304. The van der Waals surface area contributed by atoms with Crippen LogP contribution in [-0.4, -0.2) is 51.2 Å². The van der Waals surface area contributed by atoms with Gasteiger partial charge in [0.05, 0.1) is 19.5 Å². The second-order valence-electron chi connectivity index (χ2n) is 7.47. The van der Waals surface area contributed by atoms with E-state index in [4.69, 9.17) is 4.74 Å². The van der Waals surface area contributed by atoms with Crippen LogP contribution in [0.3, 0.4) is 0 Å². The maximum atomic E-state index is 12.6. The SMILES string of the molecule is COc1ccc(C(=O)N[C@H](CO)c2nnc(SCC(=O)Nc3ccc(C)c(C)c3)n2C)cc1. The second kappa shape index (κ2) is 11.0. The fourth-order valence-corrected chi connectivity index (χ4v) is 3.80. The van der Waals surface area contributed by atoms with Crippen molar-refractivity contribution < 1.29 is 19.4 Å². The van der Waals surface area contributed by atoms with Crippen LogP contribution >= 0.6 is 11.8 Å². The van der Waals surface area contributed by atoms with Crippen LogP contribution < -0.4 is 15.4 Å². The first-order valence-electron chi connectivity index (χ1n) is 10.3. The van der Waals surface area contributed by atoms with Gasteiger partial charge in [-0.2, -0.15) is 0 Å². The zero-order valence-electron chi connectivity index (χ0n) is 19.0. The Bertz CT molecular complexity index is 1130. The van der Waals surface area contributed by atoms with Crippen LogP contribution in [0.25, 0.3) is 0 Å². The number of aliphatic hydroxyl groups excluding tert-OH is 1. The Labute approximate surface area is 196 Å². The van der Waals surface area contributed by atoms with E-state index in [1.54, 1.807) is 43.0 Å². The molecule has 3 aromatic rings. The molecule has 1 atom stereocenters. The number of aryl methyl sites for hydroxylation is 2. The van der Waals surface area contributed by atoms with Crippen molar-refractivity contribution in [3.8, 4) is 5.75 Å². The number of hydrogen-bond acceptors (Lipinski definition) is 7. The van der Waals surface area contributed by atoms with Crippen LogP contribution in [0, 0.1) is 13.8 Å². The van der Waals surface area contributed by atoms with E-state index in [9.17, 15) is 14.7 Å². The van der Waals surface area contributed by atoms with Gasteiger partial charge in [0.2, 0.25) is 5.91 Å². The van der Waals surface area contributed by atoms with E-state index in [1.807, 2.05) is 32.0 Å². The first kappa shape index (κ1) is 24.3. The molecule has 9 nitrogen and oxygen atoms in total. The van der Waals surface area contributed by atoms with Gasteiger partial charge >= 0.3 is 0 Å². The number of methoxy groups -OCH3 is 1. The quantitative estimate of drug-likeness (QED) is 0.412. The predicted octanol–water partition coefficient (Wildman–Crippen LogP) is 2.63. The van der Waals surface area contributed by atoms with Gasteiger partial charge in [-0.25, -0.2) is 0 Å². The minimum Gasteiger partial charge on any atom is -0.497 e. The Balaban J connectivity index is 1.61. The van der Waals surface area contributed by atoms with Gasteiger partial charge in [-0.05, 0) is 61.4 Å². The molecule has 3 N–H and O–H groups in total. The summed E-state index contributed by atoms with van der Waals surface area (Å²) < 4.78 is 6.75. The van der Waals surface area contributed by atoms with Crippen molar-refractivity contribution in [2.75, 3.05) is 24.8 Å². The first-order valence-corrected chi connectivity index (χ1v) is 11.3. The van der Waals surface area contributed by atoms with E-state index >= 15 is 0 Å². The molecular formula is C23H27N5O4S. The number of nitrogens with zero attached hydrogens (tertiary/aromatic N) is 3. The largest absolute Gasteiger partial charge is 0.497 e. The maximum Gasteiger partial charge on any atom is 0.251 e. The Morgan fingerprint density at radius 1 is 1.12 bits per heavy atom. The molecule has 0 radical (unpaired) electrons. The zero-order chi connectivity index (χ0) is 24.0. The number of carbonyl (C=O) groups is 2. The summed E-state index contributed by atoms with van der Waals surface area (Å²) in [6.45, 7) is 3.65. The summed E-state index contributed by atoms with van der Waals surface area (Å²) >= 11 is 1.22. The Hall–Kier alpha value is -3.37. The van der Waals surface area contributed by atoms with Crippen molar-refractivity contribution in [2.45, 2.75) is 25.0 Å². The molecule has 2 amide bonds. The minimum absolute atomic E-state index is 0.140. The summed E-state index contributed by atoms with van der Waals surface area (Å²) in [5.41, 5.74) is 3.43. The van der Waals surface area contributed by atoms with Gasteiger partial charge in [0, 0.05) is 18.3 Å². The molecule has 0 unspecified atom stereocenters. The smallest absolute Gasteiger partial charge is 0.251 e. The molecule has 0 aliphatic heterocycles. The number of thioether (sulfide) groups is 1. The number of nitrogens with one attached hydrogen (secondary N) is 2. The highest BCUT2D eigenvalue weighted by molar-refractivity contribution is 7.99. The molecule has 33 heavy (non-hydrogen) atoms. The molecule has 1 aromatic heterocycles. The highest BCUT2D eigenvalue weighted by Gasteiger charge is 2.22. The minimum atomic E-state index is -0.754. The third kappa shape index (κ3) is 6.11. The van der Waals surface area contributed by atoms with Crippen molar-refractivity contribution in [3.63, 3.8) is 0 Å². The van der Waals surface area contributed by atoms with E-state index < -0.39 is 6.04 Å². The van der Waals surface area contributed by atoms with E-state index in [0.717, 1.165) is 16.8 Å². The molecular weight excluding hydrogens is 442 g/mol. The van der Waals surface area contributed by atoms with Gasteiger partial charge in [-0.1, -0.05) is 17.8 Å². The van der Waals surface area contributed by atoms with Gasteiger partial charge in [0.1, 0.15) is 11.8 Å². The Morgan fingerprint density at radius 2 is 1.85 bits per heavy atom. The highest BCUT2D eigenvalue weighted by Crippen LogP contribution is 2.21.